The van der Waals surface area contributed by atoms with Crippen LogP contribution in [0.1, 0.15) is 47.2 Å². The molecule has 2 rings (SSSR count). The van der Waals surface area contributed by atoms with Crippen molar-refractivity contribution in [1.29, 1.82) is 0 Å². The Bertz CT molecular complexity index is 520. The van der Waals surface area contributed by atoms with Crippen molar-refractivity contribution in [3.8, 4) is 0 Å². The van der Waals surface area contributed by atoms with E-state index >= 15 is 0 Å². The van der Waals surface area contributed by atoms with Gasteiger partial charge in [0.1, 0.15) is 0 Å². The first-order chi connectivity index (χ1) is 9.61. The van der Waals surface area contributed by atoms with E-state index in [4.69, 9.17) is 4.42 Å². The van der Waals surface area contributed by atoms with Crippen molar-refractivity contribution in [2.45, 2.75) is 46.6 Å². The maximum absolute atomic E-state index is 5.25. The third kappa shape index (κ3) is 3.51. The van der Waals surface area contributed by atoms with Gasteiger partial charge in [0.2, 0.25) is 0 Å². The molecule has 2 nitrogen and oxygen atoms in total. The van der Waals surface area contributed by atoms with Gasteiger partial charge >= 0.3 is 0 Å². The molecule has 1 heterocycles. The summed E-state index contributed by atoms with van der Waals surface area (Å²) in [5.41, 5.74) is 6.79. The minimum absolute atomic E-state index is 0.328. The molecule has 0 amide bonds. The number of furan rings is 1. The molecule has 1 aromatic carbocycles. The van der Waals surface area contributed by atoms with E-state index in [1.165, 1.54) is 27.8 Å². The molecule has 1 N–H and O–H groups in total. The first-order valence-electron chi connectivity index (χ1n) is 7.44. The molecule has 1 unspecified atom stereocenters. The number of benzene rings is 1. The predicted octanol–water partition coefficient (Wildman–Crippen LogP) is 4.49. The maximum Gasteiger partial charge on any atom is 0.0950 e. The Hall–Kier alpha value is -1.54. The maximum atomic E-state index is 5.25. The van der Waals surface area contributed by atoms with Crippen molar-refractivity contribution in [2.24, 2.45) is 0 Å². The summed E-state index contributed by atoms with van der Waals surface area (Å²) in [7, 11) is 0. The van der Waals surface area contributed by atoms with Crippen LogP contribution in [0.2, 0.25) is 0 Å². The topological polar surface area (TPSA) is 25.2 Å². The first-order valence-corrected chi connectivity index (χ1v) is 7.44. The molecule has 2 heteroatoms. The summed E-state index contributed by atoms with van der Waals surface area (Å²) < 4.78 is 5.25. The fourth-order valence-electron chi connectivity index (χ4n) is 2.84. The van der Waals surface area contributed by atoms with E-state index < -0.39 is 0 Å². The van der Waals surface area contributed by atoms with E-state index in [2.05, 4.69) is 51.2 Å². The number of nitrogens with one attached hydrogen (secondary N) is 1. The van der Waals surface area contributed by atoms with E-state index in [1.807, 2.05) is 6.26 Å². The molecule has 0 spiro atoms. The van der Waals surface area contributed by atoms with Crippen molar-refractivity contribution < 1.29 is 4.42 Å². The number of rotatable bonds is 6. The predicted molar refractivity (Wildman–Crippen MR) is 84.1 cm³/mol. The van der Waals surface area contributed by atoms with Gasteiger partial charge < -0.3 is 9.73 Å². The van der Waals surface area contributed by atoms with Crippen molar-refractivity contribution in [2.75, 3.05) is 6.54 Å². The summed E-state index contributed by atoms with van der Waals surface area (Å²) in [5, 5.41) is 3.63. The van der Waals surface area contributed by atoms with Crippen LogP contribution in [-0.2, 0) is 6.42 Å². The van der Waals surface area contributed by atoms with Crippen LogP contribution in [-0.4, -0.2) is 6.54 Å². The van der Waals surface area contributed by atoms with Crippen LogP contribution in [0.4, 0.5) is 0 Å². The van der Waals surface area contributed by atoms with E-state index in [0.29, 0.717) is 6.04 Å². The monoisotopic (exact) mass is 271 g/mol. The normalized spacial score (nSPS) is 12.6. The smallest absolute Gasteiger partial charge is 0.0950 e. The van der Waals surface area contributed by atoms with Crippen LogP contribution in [0, 0.1) is 20.8 Å². The minimum atomic E-state index is 0.328. The zero-order chi connectivity index (χ0) is 14.5. The summed E-state index contributed by atoms with van der Waals surface area (Å²) in [6, 6.07) is 6.93. The summed E-state index contributed by atoms with van der Waals surface area (Å²) in [5.74, 6) is 0. The van der Waals surface area contributed by atoms with Crippen LogP contribution in [0.25, 0.3) is 0 Å². The third-order valence-electron chi connectivity index (χ3n) is 3.83. The minimum Gasteiger partial charge on any atom is -0.472 e. The van der Waals surface area contributed by atoms with E-state index in [9.17, 15) is 0 Å². The van der Waals surface area contributed by atoms with Crippen molar-refractivity contribution >= 4 is 0 Å². The molecule has 108 valence electrons. The van der Waals surface area contributed by atoms with Gasteiger partial charge in [-0.3, -0.25) is 0 Å². The Labute approximate surface area is 122 Å². The standard InChI is InChI=1S/C18H25NO/c1-5-7-19-18(16-6-8-20-12-16)11-17-14(3)9-13(2)10-15(17)4/h6,8-10,12,18-19H,5,7,11H2,1-4H3. The quantitative estimate of drug-likeness (QED) is 0.837. The molecule has 0 saturated carbocycles. The van der Waals surface area contributed by atoms with E-state index in [1.54, 1.807) is 6.26 Å². The molecule has 0 aliphatic rings. The lowest BCUT2D eigenvalue weighted by molar-refractivity contribution is 0.511. The van der Waals surface area contributed by atoms with Crippen LogP contribution >= 0.6 is 0 Å². The molecular weight excluding hydrogens is 246 g/mol. The molecule has 1 atom stereocenters. The van der Waals surface area contributed by atoms with Crippen molar-refractivity contribution in [1.82, 2.24) is 5.32 Å². The Morgan fingerprint density at radius 3 is 2.40 bits per heavy atom. The molecule has 0 aliphatic carbocycles. The summed E-state index contributed by atoms with van der Waals surface area (Å²) >= 11 is 0. The van der Waals surface area contributed by atoms with E-state index in [-0.39, 0.29) is 0 Å². The molecular formula is C18H25NO. The highest BCUT2D eigenvalue weighted by Crippen LogP contribution is 2.24. The van der Waals surface area contributed by atoms with Crippen molar-refractivity contribution in [3.05, 3.63) is 58.5 Å². The molecule has 0 aliphatic heterocycles. The highest BCUT2D eigenvalue weighted by molar-refractivity contribution is 5.38. The van der Waals surface area contributed by atoms with E-state index in [0.717, 1.165) is 19.4 Å². The fourth-order valence-corrected chi connectivity index (χ4v) is 2.84. The van der Waals surface area contributed by atoms with Gasteiger partial charge in [-0.15, -0.1) is 0 Å². The largest absolute Gasteiger partial charge is 0.472 e. The number of hydrogen-bond donors (Lipinski definition) is 1. The zero-order valence-corrected chi connectivity index (χ0v) is 13.0. The fraction of sp³-hybridized carbons (Fsp3) is 0.444. The van der Waals surface area contributed by atoms with Crippen molar-refractivity contribution in [3.63, 3.8) is 0 Å². The first kappa shape index (κ1) is 14.9. The lowest BCUT2D eigenvalue weighted by Crippen LogP contribution is -2.24. The second kappa shape index (κ2) is 6.76. The summed E-state index contributed by atoms with van der Waals surface area (Å²) in [6.45, 7) is 9.80. The van der Waals surface area contributed by atoms with Crippen LogP contribution in [0.5, 0.6) is 0 Å². The van der Waals surface area contributed by atoms with Gasteiger partial charge in [0.05, 0.1) is 12.5 Å². The average molecular weight is 271 g/mol. The van der Waals surface area contributed by atoms with Gasteiger partial charge in [-0.2, -0.15) is 0 Å². The highest BCUT2D eigenvalue weighted by atomic mass is 16.3. The van der Waals surface area contributed by atoms with Gasteiger partial charge in [-0.1, -0.05) is 24.6 Å². The number of aryl methyl sites for hydroxylation is 3. The Morgan fingerprint density at radius 2 is 1.85 bits per heavy atom. The lowest BCUT2D eigenvalue weighted by atomic mass is 9.92. The van der Waals surface area contributed by atoms with Crippen LogP contribution < -0.4 is 5.32 Å². The van der Waals surface area contributed by atoms with Gasteiger partial charge in [0, 0.05) is 11.6 Å². The summed E-state index contributed by atoms with van der Waals surface area (Å²) in [6.07, 6.45) is 5.76. The molecule has 20 heavy (non-hydrogen) atoms. The van der Waals surface area contributed by atoms with Crippen LogP contribution in [0.15, 0.2) is 35.1 Å². The Kier molecular flexibility index (Phi) is 5.02. The molecule has 0 fully saturated rings. The molecule has 0 bridgehead atoms. The molecule has 2 aromatic rings. The molecule has 0 saturated heterocycles. The lowest BCUT2D eigenvalue weighted by Gasteiger charge is -2.20. The third-order valence-corrected chi connectivity index (χ3v) is 3.83. The Balaban J connectivity index is 2.24. The summed E-state index contributed by atoms with van der Waals surface area (Å²) in [4.78, 5) is 0. The van der Waals surface area contributed by atoms with Gasteiger partial charge in [-0.25, -0.2) is 0 Å². The Morgan fingerprint density at radius 1 is 1.15 bits per heavy atom. The molecule has 1 aromatic heterocycles. The second-order valence-corrected chi connectivity index (χ2v) is 5.64. The molecule has 0 radical (unpaired) electrons. The zero-order valence-electron chi connectivity index (χ0n) is 13.0. The SMILES string of the molecule is CCCNC(Cc1c(C)cc(C)cc1C)c1ccoc1. The van der Waals surface area contributed by atoms with Gasteiger partial charge in [0.15, 0.2) is 0 Å². The van der Waals surface area contributed by atoms with Crippen LogP contribution in [0.3, 0.4) is 0 Å². The van der Waals surface area contributed by atoms with Gasteiger partial charge in [-0.05, 0) is 62.9 Å². The number of hydrogen-bond acceptors (Lipinski definition) is 2. The average Bonchev–Trinajstić information content (AvgIpc) is 2.91. The second-order valence-electron chi connectivity index (χ2n) is 5.64. The highest BCUT2D eigenvalue weighted by Gasteiger charge is 2.15. The van der Waals surface area contributed by atoms with Gasteiger partial charge in [0.25, 0.3) is 0 Å².